The Morgan fingerprint density at radius 2 is 1.57 bits per heavy atom. The number of fused-ring (bicyclic) bond motifs is 2. The zero-order valence-electron chi connectivity index (χ0n) is 15.2. The number of hydrogen-bond donors (Lipinski definition) is 1. The van der Waals surface area contributed by atoms with Crippen molar-refractivity contribution in [2.45, 2.75) is 6.92 Å². The van der Waals surface area contributed by atoms with Crippen molar-refractivity contribution in [1.29, 1.82) is 0 Å². The maximum atomic E-state index is 11.7. The molecule has 0 fully saturated rings. The van der Waals surface area contributed by atoms with Crippen LogP contribution in [0.1, 0.15) is 5.56 Å². The third kappa shape index (κ3) is 2.74. The third-order valence-corrected chi connectivity index (χ3v) is 4.84. The molecule has 5 nitrogen and oxygen atoms in total. The van der Waals surface area contributed by atoms with Gasteiger partial charge in [0.05, 0.1) is 16.9 Å². The number of rotatable bonds is 2. The molecule has 0 atom stereocenters. The second-order valence-electron chi connectivity index (χ2n) is 6.70. The van der Waals surface area contributed by atoms with Gasteiger partial charge in [-0.2, -0.15) is 0 Å². The largest absolute Gasteiger partial charge is 0.305 e. The van der Waals surface area contributed by atoms with Crippen molar-refractivity contribution in [3.8, 4) is 22.5 Å². The van der Waals surface area contributed by atoms with Gasteiger partial charge >= 0.3 is 0 Å². The van der Waals surface area contributed by atoms with Crippen molar-refractivity contribution < 1.29 is 0 Å². The Morgan fingerprint density at radius 1 is 0.786 bits per heavy atom. The first-order valence-corrected chi connectivity index (χ1v) is 9.01. The molecule has 5 heteroatoms. The summed E-state index contributed by atoms with van der Waals surface area (Å²) >= 11 is 0. The smallest absolute Gasteiger partial charge is 0.249 e. The Balaban J connectivity index is 1.84. The van der Waals surface area contributed by atoms with Crippen LogP contribution >= 0.6 is 0 Å². The lowest BCUT2D eigenvalue weighted by Crippen LogP contribution is -2.06. The predicted molar refractivity (Wildman–Crippen MR) is 111 cm³/mol. The molecule has 0 spiro atoms. The molecule has 0 radical (unpaired) electrons. The van der Waals surface area contributed by atoms with Crippen molar-refractivity contribution in [2.24, 2.45) is 0 Å². The van der Waals surface area contributed by atoms with Crippen LogP contribution in [0.4, 0.5) is 0 Å². The first kappa shape index (κ1) is 16.3. The summed E-state index contributed by atoms with van der Waals surface area (Å²) in [7, 11) is 0. The van der Waals surface area contributed by atoms with Crippen molar-refractivity contribution in [1.82, 2.24) is 19.9 Å². The van der Waals surface area contributed by atoms with Crippen LogP contribution in [0.5, 0.6) is 0 Å². The van der Waals surface area contributed by atoms with Crippen molar-refractivity contribution in [2.75, 3.05) is 0 Å². The van der Waals surface area contributed by atoms with E-state index >= 15 is 0 Å². The molecular weight excluding hydrogens is 348 g/mol. The summed E-state index contributed by atoms with van der Waals surface area (Å²) in [5, 5.41) is 1.09. The highest BCUT2D eigenvalue weighted by Gasteiger charge is 2.14. The highest BCUT2D eigenvalue weighted by molar-refractivity contribution is 5.90. The molecule has 0 amide bonds. The minimum absolute atomic E-state index is 0.194. The number of hydrogen-bond acceptors (Lipinski definition) is 4. The number of nitrogens with zero attached hydrogens (tertiary/aromatic N) is 3. The van der Waals surface area contributed by atoms with Gasteiger partial charge in [-0.3, -0.25) is 9.78 Å². The summed E-state index contributed by atoms with van der Waals surface area (Å²) in [6.45, 7) is 2.07. The number of pyridine rings is 2. The van der Waals surface area contributed by atoms with Gasteiger partial charge in [-0.1, -0.05) is 36.4 Å². The molecule has 0 unspecified atom stereocenters. The van der Waals surface area contributed by atoms with E-state index in [1.807, 2.05) is 54.7 Å². The predicted octanol–water partition coefficient (Wildman–Crippen LogP) is 4.51. The molecular formula is C23H16N4O. The van der Waals surface area contributed by atoms with Crippen LogP contribution in [0.3, 0.4) is 0 Å². The second-order valence-corrected chi connectivity index (χ2v) is 6.70. The lowest BCUT2D eigenvalue weighted by atomic mass is 10.0. The van der Waals surface area contributed by atoms with Gasteiger partial charge in [0.1, 0.15) is 5.52 Å². The maximum Gasteiger partial charge on any atom is 0.249 e. The summed E-state index contributed by atoms with van der Waals surface area (Å²) in [6.07, 6.45) is 1.82. The Bertz CT molecular complexity index is 1390. The van der Waals surface area contributed by atoms with Crippen molar-refractivity contribution in [3.63, 3.8) is 0 Å². The van der Waals surface area contributed by atoms with Gasteiger partial charge < -0.3 is 4.98 Å². The SMILES string of the molecule is Cc1ccnc2ccc(-c3nc4ccc(=O)[nH]c4nc3-c3ccccc3)cc12. The molecule has 5 rings (SSSR count). The number of aryl methyl sites for hydroxylation is 1. The lowest BCUT2D eigenvalue weighted by molar-refractivity contribution is 1.19. The van der Waals surface area contributed by atoms with Gasteiger partial charge in [-0.15, -0.1) is 0 Å². The van der Waals surface area contributed by atoms with E-state index in [1.54, 1.807) is 6.07 Å². The average molecular weight is 364 g/mol. The van der Waals surface area contributed by atoms with E-state index < -0.39 is 0 Å². The van der Waals surface area contributed by atoms with Crippen LogP contribution in [0.2, 0.25) is 0 Å². The topological polar surface area (TPSA) is 71.5 Å². The van der Waals surface area contributed by atoms with Gasteiger partial charge in [0, 0.05) is 28.8 Å². The molecule has 3 heterocycles. The van der Waals surface area contributed by atoms with Gasteiger partial charge in [0.25, 0.3) is 0 Å². The molecule has 2 aromatic carbocycles. The molecule has 0 bridgehead atoms. The van der Waals surface area contributed by atoms with Gasteiger partial charge in [0.2, 0.25) is 5.56 Å². The lowest BCUT2D eigenvalue weighted by Gasteiger charge is -2.11. The Morgan fingerprint density at radius 3 is 2.43 bits per heavy atom. The third-order valence-electron chi connectivity index (χ3n) is 4.84. The minimum Gasteiger partial charge on any atom is -0.305 e. The van der Waals surface area contributed by atoms with E-state index in [4.69, 9.17) is 9.97 Å². The average Bonchev–Trinajstić information content (AvgIpc) is 2.73. The Labute approximate surface area is 160 Å². The summed E-state index contributed by atoms with van der Waals surface area (Å²) in [5.41, 5.74) is 6.45. The fourth-order valence-electron chi connectivity index (χ4n) is 3.40. The van der Waals surface area contributed by atoms with Crippen LogP contribution in [-0.4, -0.2) is 19.9 Å². The normalized spacial score (nSPS) is 11.2. The van der Waals surface area contributed by atoms with E-state index in [-0.39, 0.29) is 5.56 Å². The second kappa shape index (κ2) is 6.39. The maximum absolute atomic E-state index is 11.7. The van der Waals surface area contributed by atoms with Crippen LogP contribution in [0, 0.1) is 6.92 Å². The van der Waals surface area contributed by atoms with Crippen LogP contribution in [0.15, 0.2) is 77.7 Å². The number of aromatic nitrogens is 4. The number of nitrogens with one attached hydrogen (secondary N) is 1. The fourth-order valence-corrected chi connectivity index (χ4v) is 3.40. The molecule has 134 valence electrons. The molecule has 28 heavy (non-hydrogen) atoms. The van der Waals surface area contributed by atoms with Gasteiger partial charge in [-0.25, -0.2) is 9.97 Å². The summed E-state index contributed by atoms with van der Waals surface area (Å²) in [6, 6.07) is 21.2. The first-order chi connectivity index (χ1) is 13.7. The fraction of sp³-hybridized carbons (Fsp3) is 0.0435. The van der Waals surface area contributed by atoms with Gasteiger partial charge in [-0.05, 0) is 36.8 Å². The Kier molecular flexibility index (Phi) is 3.72. The van der Waals surface area contributed by atoms with Crippen LogP contribution < -0.4 is 5.56 Å². The van der Waals surface area contributed by atoms with E-state index in [0.29, 0.717) is 11.2 Å². The molecule has 1 N–H and O–H groups in total. The van der Waals surface area contributed by atoms with E-state index in [1.165, 1.54) is 6.07 Å². The van der Waals surface area contributed by atoms with E-state index in [2.05, 4.69) is 23.0 Å². The zero-order chi connectivity index (χ0) is 19.1. The standard InChI is InChI=1S/C23H16N4O/c1-14-11-12-24-18-8-7-16(13-17(14)18)22-21(15-5-3-2-4-6-15)27-23-19(25-22)9-10-20(28)26-23/h2-13H,1H3,(H,26,27,28). The summed E-state index contributed by atoms with van der Waals surface area (Å²) < 4.78 is 0. The quantitative estimate of drug-likeness (QED) is 0.500. The van der Waals surface area contributed by atoms with Crippen molar-refractivity contribution >= 4 is 22.1 Å². The molecule has 3 aromatic heterocycles. The highest BCUT2D eigenvalue weighted by Crippen LogP contribution is 2.32. The number of benzene rings is 2. The molecule has 0 aliphatic carbocycles. The van der Waals surface area contributed by atoms with E-state index in [0.717, 1.165) is 39.0 Å². The van der Waals surface area contributed by atoms with Gasteiger partial charge in [0.15, 0.2) is 5.65 Å². The minimum atomic E-state index is -0.194. The zero-order valence-corrected chi connectivity index (χ0v) is 15.2. The molecule has 0 aliphatic rings. The molecule has 5 aromatic rings. The van der Waals surface area contributed by atoms with E-state index in [9.17, 15) is 4.79 Å². The summed E-state index contributed by atoms with van der Waals surface area (Å²) in [5.74, 6) is 0. The first-order valence-electron chi connectivity index (χ1n) is 9.01. The molecule has 0 saturated carbocycles. The monoisotopic (exact) mass is 364 g/mol. The highest BCUT2D eigenvalue weighted by atomic mass is 16.1. The Hall–Kier alpha value is -3.86. The molecule has 0 saturated heterocycles. The number of H-pyrrole nitrogens is 1. The summed E-state index contributed by atoms with van der Waals surface area (Å²) in [4.78, 5) is 28.6. The number of aromatic amines is 1. The van der Waals surface area contributed by atoms with Crippen molar-refractivity contribution in [3.05, 3.63) is 88.8 Å². The van der Waals surface area contributed by atoms with Crippen LogP contribution in [0.25, 0.3) is 44.6 Å². The molecule has 0 aliphatic heterocycles. The van der Waals surface area contributed by atoms with Crippen LogP contribution in [-0.2, 0) is 0 Å².